The lowest BCUT2D eigenvalue weighted by Gasteiger charge is -2.23. The molecule has 0 aliphatic heterocycles. The van der Waals surface area contributed by atoms with E-state index in [1.54, 1.807) is 32.9 Å². The van der Waals surface area contributed by atoms with Gasteiger partial charge in [-0.25, -0.2) is 0 Å². The van der Waals surface area contributed by atoms with Gasteiger partial charge in [0.05, 0.1) is 12.1 Å². The van der Waals surface area contributed by atoms with Gasteiger partial charge >= 0.3 is 5.97 Å². The first kappa shape index (κ1) is 13.1. The Labute approximate surface area is 99.1 Å². The summed E-state index contributed by atoms with van der Waals surface area (Å²) in [4.78, 5) is 22.3. The van der Waals surface area contributed by atoms with E-state index < -0.39 is 17.4 Å². The third-order valence-corrected chi connectivity index (χ3v) is 2.08. The van der Waals surface area contributed by atoms with Crippen molar-refractivity contribution < 1.29 is 14.7 Å². The molecule has 2 N–H and O–H groups in total. The first-order valence-corrected chi connectivity index (χ1v) is 5.15. The molecule has 0 saturated heterocycles. The fourth-order valence-corrected chi connectivity index (χ4v) is 1.31. The van der Waals surface area contributed by atoms with Crippen molar-refractivity contribution >= 4 is 11.9 Å². The van der Waals surface area contributed by atoms with Gasteiger partial charge in [0.2, 0.25) is 0 Å². The lowest BCUT2D eigenvalue weighted by molar-refractivity contribution is -0.138. The Kier molecular flexibility index (Phi) is 3.77. The Morgan fingerprint density at radius 1 is 1.35 bits per heavy atom. The molecule has 1 heterocycles. The van der Waals surface area contributed by atoms with Gasteiger partial charge in [0.1, 0.15) is 0 Å². The second kappa shape index (κ2) is 4.90. The fourth-order valence-electron chi connectivity index (χ4n) is 1.31. The molecule has 0 aliphatic carbocycles. The summed E-state index contributed by atoms with van der Waals surface area (Å²) in [6, 6.07) is 3.22. The van der Waals surface area contributed by atoms with E-state index in [-0.39, 0.29) is 12.1 Å². The summed E-state index contributed by atoms with van der Waals surface area (Å²) in [5.41, 5.74) is 0.0653. The first-order chi connectivity index (χ1) is 7.80. The van der Waals surface area contributed by atoms with E-state index in [9.17, 15) is 9.59 Å². The first-order valence-electron chi connectivity index (χ1n) is 5.15. The van der Waals surface area contributed by atoms with E-state index in [1.165, 1.54) is 0 Å². The van der Waals surface area contributed by atoms with Gasteiger partial charge in [0.25, 0.3) is 5.91 Å². The van der Waals surface area contributed by atoms with Gasteiger partial charge in [-0.15, -0.1) is 5.10 Å². The minimum Gasteiger partial charge on any atom is -0.481 e. The van der Waals surface area contributed by atoms with Crippen molar-refractivity contribution in [2.45, 2.75) is 32.7 Å². The van der Waals surface area contributed by atoms with E-state index in [1.807, 2.05) is 0 Å². The van der Waals surface area contributed by atoms with E-state index in [0.717, 1.165) is 0 Å². The maximum atomic E-state index is 11.7. The van der Waals surface area contributed by atoms with Crippen LogP contribution in [0.3, 0.4) is 0 Å². The molecule has 0 radical (unpaired) electrons. The summed E-state index contributed by atoms with van der Waals surface area (Å²) in [7, 11) is 0. The largest absolute Gasteiger partial charge is 0.481 e. The number of carboxylic acid groups (broad SMARTS) is 1. The average Bonchev–Trinajstić information content (AvgIpc) is 2.15. The standard InChI is InChI=1S/C11H15N3O3/c1-7-4-5-8(14-13-7)10(17)12-11(2,3)6-9(15)16/h4-5H,6H2,1-3H3,(H,12,17)(H,15,16). The minimum atomic E-state index is -0.967. The average molecular weight is 237 g/mol. The Bertz CT molecular complexity index is 426. The number of aryl methyl sites for hydroxylation is 1. The molecular weight excluding hydrogens is 222 g/mol. The van der Waals surface area contributed by atoms with E-state index in [2.05, 4.69) is 15.5 Å². The molecule has 0 fully saturated rings. The summed E-state index contributed by atoms with van der Waals surface area (Å²) in [6.45, 7) is 5.05. The number of hydrogen-bond donors (Lipinski definition) is 2. The van der Waals surface area contributed by atoms with Crippen LogP contribution >= 0.6 is 0 Å². The summed E-state index contributed by atoms with van der Waals surface area (Å²) >= 11 is 0. The van der Waals surface area contributed by atoms with Crippen molar-refractivity contribution in [1.82, 2.24) is 15.5 Å². The maximum absolute atomic E-state index is 11.7. The number of aliphatic carboxylic acids is 1. The van der Waals surface area contributed by atoms with Crippen LogP contribution in [0.2, 0.25) is 0 Å². The Morgan fingerprint density at radius 3 is 2.47 bits per heavy atom. The van der Waals surface area contributed by atoms with Crippen LogP contribution in [0.25, 0.3) is 0 Å². The fraction of sp³-hybridized carbons (Fsp3) is 0.455. The highest BCUT2D eigenvalue weighted by Crippen LogP contribution is 2.09. The van der Waals surface area contributed by atoms with Crippen molar-refractivity contribution in [3.8, 4) is 0 Å². The molecular formula is C11H15N3O3. The molecule has 0 saturated carbocycles. The number of hydrogen-bond acceptors (Lipinski definition) is 4. The molecule has 0 spiro atoms. The molecule has 0 aliphatic rings. The molecule has 0 bridgehead atoms. The number of nitrogens with one attached hydrogen (secondary N) is 1. The summed E-state index contributed by atoms with van der Waals surface area (Å²) in [5.74, 6) is -1.39. The van der Waals surface area contributed by atoms with Crippen molar-refractivity contribution in [3.05, 3.63) is 23.5 Å². The van der Waals surface area contributed by atoms with Gasteiger partial charge < -0.3 is 10.4 Å². The number of rotatable bonds is 4. The van der Waals surface area contributed by atoms with Crippen LogP contribution in [-0.4, -0.2) is 32.7 Å². The molecule has 6 heteroatoms. The quantitative estimate of drug-likeness (QED) is 0.806. The molecule has 6 nitrogen and oxygen atoms in total. The molecule has 17 heavy (non-hydrogen) atoms. The van der Waals surface area contributed by atoms with Crippen LogP contribution in [-0.2, 0) is 4.79 Å². The molecule has 92 valence electrons. The van der Waals surface area contributed by atoms with Gasteiger partial charge in [-0.3, -0.25) is 9.59 Å². The number of aromatic nitrogens is 2. The SMILES string of the molecule is Cc1ccc(C(=O)NC(C)(C)CC(=O)O)nn1. The normalized spacial score (nSPS) is 11.0. The molecule has 1 aromatic heterocycles. The van der Waals surface area contributed by atoms with E-state index in [0.29, 0.717) is 5.69 Å². The molecule has 0 aromatic carbocycles. The Hall–Kier alpha value is -1.98. The monoisotopic (exact) mass is 237 g/mol. The molecule has 0 unspecified atom stereocenters. The van der Waals surface area contributed by atoms with E-state index in [4.69, 9.17) is 5.11 Å². The second-order valence-corrected chi connectivity index (χ2v) is 4.47. The molecule has 0 atom stereocenters. The zero-order chi connectivity index (χ0) is 13.1. The van der Waals surface area contributed by atoms with Crippen LogP contribution in [0.15, 0.2) is 12.1 Å². The predicted octanol–water partition coefficient (Wildman–Crippen LogP) is 0.768. The predicted molar refractivity (Wildman–Crippen MR) is 60.6 cm³/mol. The second-order valence-electron chi connectivity index (χ2n) is 4.47. The van der Waals surface area contributed by atoms with Crippen LogP contribution in [0.5, 0.6) is 0 Å². The van der Waals surface area contributed by atoms with Gasteiger partial charge in [-0.2, -0.15) is 5.10 Å². The number of carboxylic acids is 1. The van der Waals surface area contributed by atoms with Crippen molar-refractivity contribution in [2.24, 2.45) is 0 Å². The zero-order valence-electron chi connectivity index (χ0n) is 10.0. The van der Waals surface area contributed by atoms with Gasteiger partial charge in [0.15, 0.2) is 5.69 Å². The number of amides is 1. The molecule has 1 aromatic rings. The third-order valence-electron chi connectivity index (χ3n) is 2.08. The highest BCUT2D eigenvalue weighted by Gasteiger charge is 2.24. The van der Waals surface area contributed by atoms with Crippen LogP contribution in [0.4, 0.5) is 0 Å². The van der Waals surface area contributed by atoms with Crippen molar-refractivity contribution in [2.75, 3.05) is 0 Å². The molecule has 1 rings (SSSR count). The van der Waals surface area contributed by atoms with Crippen molar-refractivity contribution in [3.63, 3.8) is 0 Å². The van der Waals surface area contributed by atoms with Crippen LogP contribution < -0.4 is 5.32 Å². The number of nitrogens with zero attached hydrogens (tertiary/aromatic N) is 2. The summed E-state index contributed by atoms with van der Waals surface area (Å²) in [6.07, 6.45) is -0.155. The van der Waals surface area contributed by atoms with E-state index >= 15 is 0 Å². The van der Waals surface area contributed by atoms with Gasteiger partial charge in [0, 0.05) is 5.54 Å². The highest BCUT2D eigenvalue weighted by atomic mass is 16.4. The van der Waals surface area contributed by atoms with Crippen LogP contribution in [0, 0.1) is 6.92 Å². The molecule has 1 amide bonds. The third kappa shape index (κ3) is 4.18. The maximum Gasteiger partial charge on any atom is 0.305 e. The van der Waals surface area contributed by atoms with Crippen molar-refractivity contribution in [1.29, 1.82) is 0 Å². The zero-order valence-corrected chi connectivity index (χ0v) is 10.0. The number of carbonyl (C=O) groups excluding carboxylic acids is 1. The van der Waals surface area contributed by atoms with Gasteiger partial charge in [-0.1, -0.05) is 0 Å². The smallest absolute Gasteiger partial charge is 0.305 e. The Morgan fingerprint density at radius 2 is 2.00 bits per heavy atom. The summed E-state index contributed by atoms with van der Waals surface area (Å²) < 4.78 is 0. The lowest BCUT2D eigenvalue weighted by Crippen LogP contribution is -2.45. The van der Waals surface area contributed by atoms with Crippen LogP contribution in [0.1, 0.15) is 36.5 Å². The minimum absolute atomic E-state index is 0.155. The number of carbonyl (C=O) groups is 2. The highest BCUT2D eigenvalue weighted by molar-refractivity contribution is 5.92. The summed E-state index contributed by atoms with van der Waals surface area (Å²) in [5, 5.41) is 18.8. The topological polar surface area (TPSA) is 92.2 Å². The lowest BCUT2D eigenvalue weighted by atomic mass is 10.0. The van der Waals surface area contributed by atoms with Gasteiger partial charge in [-0.05, 0) is 32.9 Å². The Balaban J connectivity index is 2.72.